The van der Waals surface area contributed by atoms with Gasteiger partial charge in [0.05, 0.1) is 0 Å². The van der Waals surface area contributed by atoms with Gasteiger partial charge in [-0.05, 0) is 62.7 Å². The zero-order chi connectivity index (χ0) is 20.8. The molecule has 4 fully saturated rings. The van der Waals surface area contributed by atoms with Gasteiger partial charge >= 0.3 is 5.69 Å². The maximum absolute atomic E-state index is 13.0. The van der Waals surface area contributed by atoms with Crippen LogP contribution < -0.4 is 11.2 Å². The molecule has 3 heterocycles. The van der Waals surface area contributed by atoms with Gasteiger partial charge in [-0.25, -0.2) is 4.79 Å². The Labute approximate surface area is 175 Å². The van der Waals surface area contributed by atoms with Gasteiger partial charge in [-0.1, -0.05) is 13.3 Å². The molecule has 0 unspecified atom stereocenters. The number of hydrogen-bond acceptors (Lipinski definition) is 3. The predicted molar refractivity (Wildman–Crippen MR) is 116 cm³/mol. The van der Waals surface area contributed by atoms with E-state index in [1.54, 1.807) is 14.1 Å². The Hall–Kier alpha value is -2.31. The van der Waals surface area contributed by atoms with Crippen LogP contribution in [0.2, 0.25) is 0 Å². The molecule has 0 N–H and O–H groups in total. The normalized spacial score (nSPS) is 30.2. The first-order valence-electron chi connectivity index (χ1n) is 11.6. The number of aromatic nitrogens is 5. The summed E-state index contributed by atoms with van der Waals surface area (Å²) in [5.41, 5.74) is 2.05. The zero-order valence-electron chi connectivity index (χ0n) is 18.2. The standard InChI is InChI=1S/C23H31N5O2/c1-4-5-6-27-17(23-10-14-7-15(11-23)9-16(8-14)12-23)13-28-18-19(24-21(27)28)25(2)22(30)26(3)20(18)29/h13-16H,4-12H2,1-3H3. The van der Waals surface area contributed by atoms with Crippen LogP contribution in [0.4, 0.5) is 0 Å². The summed E-state index contributed by atoms with van der Waals surface area (Å²) < 4.78 is 7.07. The van der Waals surface area contributed by atoms with E-state index in [-0.39, 0.29) is 16.7 Å². The van der Waals surface area contributed by atoms with Crippen molar-refractivity contribution in [3.05, 3.63) is 32.7 Å². The highest BCUT2D eigenvalue weighted by Crippen LogP contribution is 2.60. The summed E-state index contributed by atoms with van der Waals surface area (Å²) >= 11 is 0. The van der Waals surface area contributed by atoms with Crippen LogP contribution >= 0.6 is 0 Å². The first-order chi connectivity index (χ1) is 14.4. The van der Waals surface area contributed by atoms with E-state index < -0.39 is 0 Å². The second kappa shape index (κ2) is 6.11. The molecule has 0 atom stereocenters. The highest BCUT2D eigenvalue weighted by molar-refractivity contribution is 5.75. The Balaban J connectivity index is 1.63. The van der Waals surface area contributed by atoms with E-state index in [9.17, 15) is 9.59 Å². The third-order valence-corrected chi connectivity index (χ3v) is 8.37. The van der Waals surface area contributed by atoms with Gasteiger partial charge in [0.2, 0.25) is 5.78 Å². The van der Waals surface area contributed by atoms with Gasteiger partial charge < -0.3 is 4.57 Å². The second-order valence-electron chi connectivity index (χ2n) is 10.4. The van der Waals surface area contributed by atoms with Gasteiger partial charge in [-0.2, -0.15) is 4.98 Å². The second-order valence-corrected chi connectivity index (χ2v) is 10.4. The van der Waals surface area contributed by atoms with E-state index in [0.717, 1.165) is 42.9 Å². The molecule has 7 heteroatoms. The molecule has 4 aliphatic rings. The molecular formula is C23H31N5O2. The molecule has 0 radical (unpaired) electrons. The molecule has 4 saturated carbocycles. The number of imidazole rings is 2. The smallest absolute Gasteiger partial charge is 0.313 e. The minimum absolute atomic E-state index is 0.238. The van der Waals surface area contributed by atoms with Gasteiger partial charge in [0.1, 0.15) is 0 Å². The van der Waals surface area contributed by atoms with E-state index in [1.807, 2.05) is 4.40 Å². The number of nitrogens with zero attached hydrogens (tertiary/aromatic N) is 5. The summed E-state index contributed by atoms with van der Waals surface area (Å²) in [4.78, 5) is 30.3. The Bertz CT molecular complexity index is 1250. The molecule has 4 aliphatic carbocycles. The van der Waals surface area contributed by atoms with Crippen LogP contribution in [-0.2, 0) is 26.1 Å². The highest BCUT2D eigenvalue weighted by atomic mass is 16.2. The first-order valence-corrected chi connectivity index (χ1v) is 11.6. The number of hydrogen-bond donors (Lipinski definition) is 0. The van der Waals surface area contributed by atoms with Crippen molar-refractivity contribution in [2.24, 2.45) is 31.8 Å². The summed E-state index contributed by atoms with van der Waals surface area (Å²) in [6.45, 7) is 3.13. The van der Waals surface area contributed by atoms with E-state index in [2.05, 4.69) is 17.7 Å². The van der Waals surface area contributed by atoms with Crippen molar-refractivity contribution in [1.82, 2.24) is 23.1 Å². The fourth-order valence-electron chi connectivity index (χ4n) is 7.40. The van der Waals surface area contributed by atoms with E-state index in [1.165, 1.54) is 53.4 Å². The van der Waals surface area contributed by atoms with Crippen LogP contribution in [-0.4, -0.2) is 23.1 Å². The average molecular weight is 410 g/mol. The summed E-state index contributed by atoms with van der Waals surface area (Å²) in [5, 5.41) is 0. The van der Waals surface area contributed by atoms with Crippen LogP contribution in [0, 0.1) is 17.8 Å². The van der Waals surface area contributed by atoms with Gasteiger partial charge in [-0.3, -0.25) is 18.3 Å². The fraction of sp³-hybridized carbons (Fsp3) is 0.696. The SMILES string of the molecule is CCCCn1c(C23CC4CC(CC(C4)C2)C3)cn2c3c(=O)n(C)c(=O)n(C)c3nc12. The summed E-state index contributed by atoms with van der Waals surface area (Å²) in [5.74, 6) is 3.41. The lowest BCUT2D eigenvalue weighted by Gasteiger charge is -2.56. The van der Waals surface area contributed by atoms with Crippen molar-refractivity contribution >= 4 is 16.9 Å². The number of rotatable bonds is 4. The van der Waals surface area contributed by atoms with Crippen LogP contribution in [0.25, 0.3) is 16.9 Å². The van der Waals surface area contributed by atoms with Gasteiger partial charge in [0.25, 0.3) is 5.56 Å². The molecule has 0 spiro atoms. The van der Waals surface area contributed by atoms with E-state index in [4.69, 9.17) is 4.98 Å². The average Bonchev–Trinajstić information content (AvgIpc) is 3.25. The monoisotopic (exact) mass is 409 g/mol. The van der Waals surface area contributed by atoms with Gasteiger partial charge in [0, 0.05) is 37.9 Å². The van der Waals surface area contributed by atoms with Crippen molar-refractivity contribution in [2.45, 2.75) is 70.3 Å². The Morgan fingerprint density at radius 3 is 2.27 bits per heavy atom. The molecular weight excluding hydrogens is 378 g/mol. The summed E-state index contributed by atoms with van der Waals surface area (Å²) in [6.07, 6.45) is 12.5. The molecule has 0 aromatic carbocycles. The molecule has 3 aromatic rings. The van der Waals surface area contributed by atoms with Crippen molar-refractivity contribution in [3.63, 3.8) is 0 Å². The molecule has 0 saturated heterocycles. The quantitative estimate of drug-likeness (QED) is 0.665. The predicted octanol–water partition coefficient (Wildman–Crippen LogP) is 2.95. The largest absolute Gasteiger partial charge is 0.332 e. The lowest BCUT2D eigenvalue weighted by Crippen LogP contribution is -2.49. The van der Waals surface area contributed by atoms with Crippen LogP contribution in [0.5, 0.6) is 0 Å². The van der Waals surface area contributed by atoms with Crippen LogP contribution in [0.15, 0.2) is 15.8 Å². The van der Waals surface area contributed by atoms with E-state index in [0.29, 0.717) is 11.2 Å². The summed E-state index contributed by atoms with van der Waals surface area (Å²) in [7, 11) is 3.25. The lowest BCUT2D eigenvalue weighted by molar-refractivity contribution is -0.00875. The molecule has 4 bridgehead atoms. The molecule has 0 aliphatic heterocycles. The summed E-state index contributed by atoms with van der Waals surface area (Å²) in [6, 6.07) is 0. The number of unbranched alkanes of at least 4 members (excludes halogenated alkanes) is 1. The number of fused-ring (bicyclic) bond motifs is 3. The zero-order valence-corrected chi connectivity index (χ0v) is 18.2. The topological polar surface area (TPSA) is 66.2 Å². The Morgan fingerprint density at radius 1 is 1.03 bits per heavy atom. The third kappa shape index (κ3) is 2.29. The Morgan fingerprint density at radius 2 is 1.67 bits per heavy atom. The third-order valence-electron chi connectivity index (χ3n) is 8.37. The van der Waals surface area contributed by atoms with Crippen molar-refractivity contribution < 1.29 is 0 Å². The molecule has 7 rings (SSSR count). The minimum Gasteiger partial charge on any atom is -0.313 e. The number of aryl methyl sites for hydroxylation is 2. The van der Waals surface area contributed by atoms with Gasteiger partial charge in [0.15, 0.2) is 11.2 Å². The van der Waals surface area contributed by atoms with Crippen LogP contribution in [0.1, 0.15) is 64.0 Å². The minimum atomic E-state index is -0.324. The van der Waals surface area contributed by atoms with Crippen molar-refractivity contribution in [3.8, 4) is 0 Å². The van der Waals surface area contributed by atoms with Crippen molar-refractivity contribution in [2.75, 3.05) is 0 Å². The fourth-order valence-corrected chi connectivity index (χ4v) is 7.40. The molecule has 3 aromatic heterocycles. The molecule has 30 heavy (non-hydrogen) atoms. The van der Waals surface area contributed by atoms with Gasteiger partial charge in [-0.15, -0.1) is 0 Å². The molecule has 7 nitrogen and oxygen atoms in total. The lowest BCUT2D eigenvalue weighted by atomic mass is 9.49. The highest BCUT2D eigenvalue weighted by Gasteiger charge is 2.53. The molecule has 0 amide bonds. The Kier molecular flexibility index (Phi) is 3.76. The maximum Gasteiger partial charge on any atom is 0.332 e. The maximum atomic E-state index is 13.0. The van der Waals surface area contributed by atoms with Crippen molar-refractivity contribution in [1.29, 1.82) is 0 Å². The first kappa shape index (κ1) is 18.5. The van der Waals surface area contributed by atoms with E-state index >= 15 is 0 Å². The van der Waals surface area contributed by atoms with Crippen LogP contribution in [0.3, 0.4) is 0 Å². The molecule has 160 valence electrons.